The van der Waals surface area contributed by atoms with Crippen LogP contribution < -0.4 is 5.19 Å². The Bertz CT molecular complexity index is 1560. The molecule has 0 spiro atoms. The normalized spacial score (nSPS) is 11.4. The molecule has 0 unspecified atom stereocenters. The van der Waals surface area contributed by atoms with E-state index in [1.54, 1.807) is 55.5 Å². The molecule has 0 amide bonds. The van der Waals surface area contributed by atoms with Crippen LogP contribution in [0.25, 0.3) is 33.4 Å². The highest BCUT2D eigenvalue weighted by molar-refractivity contribution is 6.89. The fourth-order valence-electron chi connectivity index (χ4n) is 4.85. The third-order valence-corrected chi connectivity index (χ3v) is 11.0. The second-order valence-electron chi connectivity index (χ2n) is 11.1. The van der Waals surface area contributed by atoms with Gasteiger partial charge in [0.2, 0.25) is 0 Å². The van der Waals surface area contributed by atoms with Gasteiger partial charge in [-0.2, -0.15) is 0 Å². The Labute approximate surface area is 242 Å². The molecule has 0 aromatic heterocycles. The minimum Gasteiger partial charge on any atom is -0.508 e. The largest absolute Gasteiger partial charge is 0.508 e. The second kappa shape index (κ2) is 12.6. The summed E-state index contributed by atoms with van der Waals surface area (Å²) in [5, 5.41) is 11.5. The number of halogens is 2. The lowest BCUT2D eigenvalue weighted by Crippen LogP contribution is -2.40. The zero-order chi connectivity index (χ0) is 29.7. The van der Waals surface area contributed by atoms with Crippen molar-refractivity contribution in [3.8, 4) is 39.1 Å². The fourth-order valence-corrected chi connectivity index (χ4v) is 7.44. The van der Waals surface area contributed by atoms with Gasteiger partial charge in [-0.3, -0.25) is 0 Å². The van der Waals surface area contributed by atoms with Gasteiger partial charge in [-0.05, 0) is 41.3 Å². The van der Waals surface area contributed by atoms with E-state index in [2.05, 4.69) is 38.7 Å². The van der Waals surface area contributed by atoms with E-state index < -0.39 is 25.7 Å². The smallest absolute Gasteiger partial charge is 0.333 e. The average Bonchev–Trinajstić information content (AvgIpc) is 2.97. The van der Waals surface area contributed by atoms with Crippen LogP contribution in [0.1, 0.15) is 32.3 Å². The van der Waals surface area contributed by atoms with E-state index >= 15 is 8.78 Å². The van der Waals surface area contributed by atoms with Crippen molar-refractivity contribution in [2.75, 3.05) is 0 Å². The van der Waals surface area contributed by atoms with Crippen molar-refractivity contribution in [2.24, 2.45) is 0 Å². The fraction of sp³-hybridized carbons (Fsp3) is 0.229. The predicted molar refractivity (Wildman–Crippen MR) is 166 cm³/mol. The molecule has 4 rings (SSSR count). The highest BCUT2D eigenvalue weighted by Crippen LogP contribution is 2.33. The number of unbranched alkanes of at least 4 members (excludes halogenated alkanes) is 1. The molecule has 212 valence electrons. The van der Waals surface area contributed by atoms with Gasteiger partial charge in [0.1, 0.15) is 12.4 Å². The first-order valence-corrected chi connectivity index (χ1v) is 17.1. The van der Waals surface area contributed by atoms with E-state index in [1.165, 1.54) is 30.1 Å². The van der Waals surface area contributed by atoms with Crippen LogP contribution in [-0.2, 0) is 16.1 Å². The first-order chi connectivity index (χ1) is 19.5. The molecule has 0 bridgehead atoms. The summed E-state index contributed by atoms with van der Waals surface area (Å²) in [5.74, 6) is -2.28. The molecule has 4 aromatic rings. The minimum atomic E-state index is -1.55. The molecule has 0 saturated heterocycles. The van der Waals surface area contributed by atoms with Gasteiger partial charge in [-0.15, -0.1) is 0 Å². The van der Waals surface area contributed by atoms with Gasteiger partial charge in [-0.1, -0.05) is 117 Å². The average molecular weight is 571 g/mol. The second-order valence-corrected chi connectivity index (χ2v) is 16.0. The van der Waals surface area contributed by atoms with E-state index in [4.69, 9.17) is 4.74 Å². The number of rotatable bonds is 10. The summed E-state index contributed by atoms with van der Waals surface area (Å²) in [6, 6.07) is 24.5. The number of esters is 1. The van der Waals surface area contributed by atoms with Crippen LogP contribution in [0.15, 0.2) is 91.0 Å². The lowest BCUT2D eigenvalue weighted by atomic mass is 9.96. The Kier molecular flexibility index (Phi) is 9.23. The van der Waals surface area contributed by atoms with Crippen molar-refractivity contribution in [3.05, 3.63) is 108 Å². The maximum Gasteiger partial charge on any atom is 0.333 e. The lowest BCUT2D eigenvalue weighted by Gasteiger charge is -2.23. The maximum atomic E-state index is 15.3. The molecule has 3 nitrogen and oxygen atoms in total. The molecule has 0 aliphatic rings. The van der Waals surface area contributed by atoms with E-state index in [0.717, 1.165) is 11.1 Å². The third kappa shape index (κ3) is 6.83. The number of phenols is 1. The summed E-state index contributed by atoms with van der Waals surface area (Å²) in [4.78, 5) is 11.7. The van der Waals surface area contributed by atoms with E-state index in [-0.39, 0.29) is 29.1 Å². The van der Waals surface area contributed by atoms with Gasteiger partial charge in [0.15, 0.2) is 11.6 Å². The first kappa shape index (κ1) is 29.9. The molecular formula is C35H36F2O3Si. The summed E-state index contributed by atoms with van der Waals surface area (Å²) in [6.45, 7) is 11.9. The Balaban J connectivity index is 1.55. The van der Waals surface area contributed by atoms with Crippen LogP contribution in [0.3, 0.4) is 0 Å². The Morgan fingerprint density at radius 3 is 1.88 bits per heavy atom. The summed E-state index contributed by atoms with van der Waals surface area (Å²) in [6.07, 6.45) is 2.37. The number of hydrogen-bond acceptors (Lipinski definition) is 3. The van der Waals surface area contributed by atoms with Gasteiger partial charge in [0.25, 0.3) is 0 Å². The summed E-state index contributed by atoms with van der Waals surface area (Å²) < 4.78 is 35.8. The zero-order valence-electron chi connectivity index (χ0n) is 24.1. The van der Waals surface area contributed by atoms with Gasteiger partial charge >= 0.3 is 5.97 Å². The molecule has 0 aliphatic carbocycles. The van der Waals surface area contributed by atoms with Crippen LogP contribution in [0.2, 0.25) is 19.1 Å². The highest BCUT2D eigenvalue weighted by atomic mass is 28.3. The summed E-state index contributed by atoms with van der Waals surface area (Å²) in [5.41, 5.74) is 3.94. The van der Waals surface area contributed by atoms with Gasteiger partial charge < -0.3 is 9.84 Å². The number of aromatic hydroxyl groups is 1. The lowest BCUT2D eigenvalue weighted by molar-refractivity contribution is -0.140. The van der Waals surface area contributed by atoms with Gasteiger partial charge in [0.05, 0.1) is 8.07 Å². The number of carbonyl (C=O) groups excluding carboxylic acids is 1. The summed E-state index contributed by atoms with van der Waals surface area (Å²) >= 11 is 0. The predicted octanol–water partition coefficient (Wildman–Crippen LogP) is 9.01. The number of carbonyl (C=O) groups is 1. The number of benzene rings is 4. The van der Waals surface area contributed by atoms with Crippen LogP contribution in [-0.4, -0.2) is 19.1 Å². The molecule has 1 N–H and O–H groups in total. The van der Waals surface area contributed by atoms with Crippen LogP contribution in [0.5, 0.6) is 5.75 Å². The monoisotopic (exact) mass is 570 g/mol. The molecular weight excluding hydrogens is 534 g/mol. The Morgan fingerprint density at radius 1 is 0.829 bits per heavy atom. The van der Waals surface area contributed by atoms with Crippen LogP contribution in [0.4, 0.5) is 8.78 Å². The molecule has 0 radical (unpaired) electrons. The number of ether oxygens (including phenoxy) is 1. The molecule has 4 aromatic carbocycles. The quantitative estimate of drug-likeness (QED) is 0.118. The van der Waals surface area contributed by atoms with Gasteiger partial charge in [0, 0.05) is 22.3 Å². The third-order valence-electron chi connectivity index (χ3n) is 7.53. The van der Waals surface area contributed by atoms with Crippen molar-refractivity contribution in [1.29, 1.82) is 0 Å². The number of phenolic OH excluding ortho intramolecular Hbond substituents is 1. The molecule has 6 heteroatoms. The SMILES string of the molecule is C=C(C)C(=O)OCc1cc(-c2ccc(-c3ccc(-c4ccc([Si](C)(C)CCCC)cc4)c(F)c3F)cc2)ccc1O. The highest BCUT2D eigenvalue weighted by Gasteiger charge is 2.23. The van der Waals surface area contributed by atoms with Crippen molar-refractivity contribution < 1.29 is 23.4 Å². The molecule has 41 heavy (non-hydrogen) atoms. The number of hydrogen-bond donors (Lipinski definition) is 1. The van der Waals surface area contributed by atoms with Gasteiger partial charge in [-0.25, -0.2) is 13.6 Å². The van der Waals surface area contributed by atoms with Crippen molar-refractivity contribution in [1.82, 2.24) is 0 Å². The summed E-state index contributed by atoms with van der Waals surface area (Å²) in [7, 11) is -1.55. The standard InChI is InChI=1S/C35H36F2O3Si/c1-6-7-20-41(4,5)29-15-12-26(13-16-29)31-18-17-30(33(36)34(31)37)25-10-8-24(9-11-25)27-14-19-32(38)28(21-27)22-40-35(39)23(2)3/h8-19,21,38H,2,6-7,20,22H2,1,3-5H3. The minimum absolute atomic E-state index is 0.00874. The molecule has 0 heterocycles. The van der Waals surface area contributed by atoms with Crippen molar-refractivity contribution in [3.63, 3.8) is 0 Å². The van der Waals surface area contributed by atoms with E-state index in [0.29, 0.717) is 16.7 Å². The Hall–Kier alpha value is -4.03. The van der Waals surface area contributed by atoms with Crippen molar-refractivity contribution >= 4 is 19.2 Å². The van der Waals surface area contributed by atoms with E-state index in [9.17, 15) is 9.90 Å². The topological polar surface area (TPSA) is 46.5 Å². The van der Waals surface area contributed by atoms with E-state index in [1.807, 2.05) is 12.1 Å². The molecule has 0 saturated carbocycles. The maximum absolute atomic E-state index is 15.3. The molecule has 0 atom stereocenters. The zero-order valence-corrected chi connectivity index (χ0v) is 25.1. The van der Waals surface area contributed by atoms with Crippen LogP contribution in [0, 0.1) is 11.6 Å². The Morgan fingerprint density at radius 2 is 1.34 bits per heavy atom. The molecule has 0 aliphatic heterocycles. The molecule has 0 fully saturated rings. The van der Waals surface area contributed by atoms with Crippen molar-refractivity contribution in [2.45, 2.75) is 52.4 Å². The van der Waals surface area contributed by atoms with Crippen LogP contribution >= 0.6 is 0 Å². The first-order valence-electron chi connectivity index (χ1n) is 13.9.